The van der Waals surface area contributed by atoms with Crippen LogP contribution >= 0.6 is 0 Å². The lowest BCUT2D eigenvalue weighted by molar-refractivity contribution is -0.133. The van der Waals surface area contributed by atoms with E-state index in [0.29, 0.717) is 13.0 Å². The van der Waals surface area contributed by atoms with Crippen molar-refractivity contribution in [3.8, 4) is 0 Å². The van der Waals surface area contributed by atoms with Crippen LogP contribution in [0, 0.1) is 5.82 Å². The Morgan fingerprint density at radius 2 is 2.27 bits per heavy atom. The van der Waals surface area contributed by atoms with Gasteiger partial charge in [-0.3, -0.25) is 14.8 Å². The third-order valence-electron chi connectivity index (χ3n) is 5.18. The van der Waals surface area contributed by atoms with E-state index in [1.807, 2.05) is 30.3 Å². The van der Waals surface area contributed by atoms with Crippen LogP contribution in [0.3, 0.4) is 0 Å². The first kappa shape index (κ1) is 18.6. The van der Waals surface area contributed by atoms with Gasteiger partial charge in [0.25, 0.3) is 0 Å². The van der Waals surface area contributed by atoms with Crippen molar-refractivity contribution in [1.29, 1.82) is 0 Å². The second-order valence-electron chi connectivity index (χ2n) is 7.09. The van der Waals surface area contributed by atoms with Gasteiger partial charge in [-0.2, -0.15) is 5.10 Å². The summed E-state index contributed by atoms with van der Waals surface area (Å²) in [4.78, 5) is 16.7. The highest BCUT2D eigenvalue weighted by Gasteiger charge is 2.26. The van der Waals surface area contributed by atoms with Crippen LogP contribution in [-0.2, 0) is 17.8 Å². The largest absolute Gasteiger partial charge is 0.341 e. The van der Waals surface area contributed by atoms with Gasteiger partial charge in [0, 0.05) is 44.4 Å². The van der Waals surface area contributed by atoms with Crippen molar-refractivity contribution in [3.63, 3.8) is 0 Å². The highest BCUT2D eigenvalue weighted by atomic mass is 19.1. The smallest absolute Gasteiger partial charge is 0.222 e. The molecular weight excluding hydrogens is 331 g/mol. The maximum absolute atomic E-state index is 13.9. The van der Waals surface area contributed by atoms with Gasteiger partial charge in [-0.15, -0.1) is 0 Å². The Labute approximate surface area is 154 Å². The van der Waals surface area contributed by atoms with E-state index in [2.05, 4.69) is 15.1 Å². The molecule has 0 unspecified atom stereocenters. The number of likely N-dealkylation sites (N-methyl/N-ethyl adjacent to an activating group) is 1. The van der Waals surface area contributed by atoms with Gasteiger partial charge in [0.1, 0.15) is 5.82 Å². The van der Waals surface area contributed by atoms with Crippen LogP contribution in [-0.4, -0.2) is 52.1 Å². The SMILES string of the molecule is CN(C(=O)CCCc1cn[nH]c1)[C@@H]1CCCN(Cc2ccccc2F)C1. The van der Waals surface area contributed by atoms with Crippen LogP contribution in [0.4, 0.5) is 4.39 Å². The van der Waals surface area contributed by atoms with E-state index >= 15 is 0 Å². The Morgan fingerprint density at radius 1 is 1.42 bits per heavy atom. The zero-order valence-electron chi connectivity index (χ0n) is 15.3. The minimum atomic E-state index is -0.154. The number of nitrogens with zero attached hydrogens (tertiary/aromatic N) is 3. The van der Waals surface area contributed by atoms with Crippen molar-refractivity contribution in [3.05, 3.63) is 53.6 Å². The Kier molecular flexibility index (Phi) is 6.39. The quantitative estimate of drug-likeness (QED) is 0.828. The zero-order valence-corrected chi connectivity index (χ0v) is 15.3. The molecule has 1 N–H and O–H groups in total. The molecule has 1 saturated heterocycles. The number of amides is 1. The van der Waals surface area contributed by atoms with Crippen LogP contribution in [0.25, 0.3) is 0 Å². The molecule has 0 aliphatic carbocycles. The first-order chi connectivity index (χ1) is 12.6. The van der Waals surface area contributed by atoms with Gasteiger partial charge in [0.15, 0.2) is 0 Å². The average molecular weight is 358 g/mol. The van der Waals surface area contributed by atoms with Crippen molar-refractivity contribution in [2.24, 2.45) is 0 Å². The lowest BCUT2D eigenvalue weighted by Gasteiger charge is -2.37. The number of aromatic amines is 1. The molecule has 0 spiro atoms. The molecule has 6 heteroatoms. The Bertz CT molecular complexity index is 704. The number of likely N-dealkylation sites (tertiary alicyclic amines) is 1. The van der Waals surface area contributed by atoms with Crippen molar-refractivity contribution in [2.45, 2.75) is 44.7 Å². The van der Waals surface area contributed by atoms with Crippen LogP contribution in [0.1, 0.15) is 36.8 Å². The monoisotopic (exact) mass is 358 g/mol. The predicted octanol–water partition coefficient (Wildman–Crippen LogP) is 2.99. The molecule has 1 aromatic carbocycles. The molecule has 140 valence electrons. The number of aromatic nitrogens is 2. The predicted molar refractivity (Wildman–Crippen MR) is 99.0 cm³/mol. The standard InChI is InChI=1S/C20H27FN4O/c1-24(20(26)10-4-6-16-12-22-23-13-16)18-8-5-11-25(15-18)14-17-7-2-3-9-19(17)21/h2-3,7,9,12-13,18H,4-6,8,10-11,14-15H2,1H3,(H,22,23)/t18-/m1/s1. The Hall–Kier alpha value is -2.21. The van der Waals surface area contributed by atoms with Crippen LogP contribution in [0.15, 0.2) is 36.7 Å². The number of carbonyl (C=O) groups excluding carboxylic acids is 1. The van der Waals surface area contributed by atoms with Gasteiger partial charge in [-0.1, -0.05) is 18.2 Å². The van der Waals surface area contributed by atoms with E-state index in [1.54, 1.807) is 12.3 Å². The number of rotatable bonds is 7. The molecule has 1 aromatic heterocycles. The summed E-state index contributed by atoms with van der Waals surface area (Å²) in [5.41, 5.74) is 1.86. The van der Waals surface area contributed by atoms with E-state index in [4.69, 9.17) is 0 Å². The molecule has 1 amide bonds. The fourth-order valence-electron chi connectivity index (χ4n) is 3.60. The summed E-state index contributed by atoms with van der Waals surface area (Å²) < 4.78 is 13.9. The van der Waals surface area contributed by atoms with Crippen molar-refractivity contribution < 1.29 is 9.18 Å². The number of piperidine rings is 1. The molecular formula is C20H27FN4O. The summed E-state index contributed by atoms with van der Waals surface area (Å²) in [6, 6.07) is 7.14. The summed E-state index contributed by atoms with van der Waals surface area (Å²) in [7, 11) is 1.90. The molecule has 1 aliphatic heterocycles. The topological polar surface area (TPSA) is 52.2 Å². The number of benzene rings is 1. The highest BCUT2D eigenvalue weighted by Crippen LogP contribution is 2.19. The number of carbonyl (C=O) groups is 1. The number of halogens is 1. The highest BCUT2D eigenvalue weighted by molar-refractivity contribution is 5.76. The normalized spacial score (nSPS) is 18.0. The molecule has 2 aromatic rings. The number of nitrogens with one attached hydrogen (secondary N) is 1. The number of hydrogen-bond donors (Lipinski definition) is 1. The summed E-state index contributed by atoms with van der Waals surface area (Å²) in [5.74, 6) is 0.0320. The van der Waals surface area contributed by atoms with Gasteiger partial charge in [-0.25, -0.2) is 4.39 Å². The van der Waals surface area contributed by atoms with Crippen LogP contribution < -0.4 is 0 Å². The summed E-state index contributed by atoms with van der Waals surface area (Å²) in [6.07, 6.45) is 7.95. The molecule has 0 saturated carbocycles. The molecule has 0 bridgehead atoms. The van der Waals surface area contributed by atoms with Crippen molar-refractivity contribution in [2.75, 3.05) is 20.1 Å². The molecule has 26 heavy (non-hydrogen) atoms. The lowest BCUT2D eigenvalue weighted by Crippen LogP contribution is -2.48. The maximum Gasteiger partial charge on any atom is 0.222 e. The number of hydrogen-bond acceptors (Lipinski definition) is 3. The van der Waals surface area contributed by atoms with Gasteiger partial charge < -0.3 is 4.90 Å². The van der Waals surface area contributed by atoms with Crippen molar-refractivity contribution >= 4 is 5.91 Å². The van der Waals surface area contributed by atoms with E-state index < -0.39 is 0 Å². The minimum absolute atomic E-state index is 0.154. The van der Waals surface area contributed by atoms with Gasteiger partial charge >= 0.3 is 0 Å². The third-order valence-corrected chi connectivity index (χ3v) is 5.18. The number of H-pyrrole nitrogens is 1. The first-order valence-corrected chi connectivity index (χ1v) is 9.32. The molecule has 3 rings (SSSR count). The number of aryl methyl sites for hydroxylation is 1. The second-order valence-corrected chi connectivity index (χ2v) is 7.09. The van der Waals surface area contributed by atoms with Crippen molar-refractivity contribution in [1.82, 2.24) is 20.0 Å². The summed E-state index contributed by atoms with van der Waals surface area (Å²) in [6.45, 7) is 2.36. The third kappa shape index (κ3) is 4.91. The molecule has 0 radical (unpaired) electrons. The molecule has 1 aliphatic rings. The fourth-order valence-corrected chi connectivity index (χ4v) is 3.60. The van der Waals surface area contributed by atoms with Gasteiger partial charge in [0.05, 0.1) is 6.20 Å². The Morgan fingerprint density at radius 3 is 3.04 bits per heavy atom. The minimum Gasteiger partial charge on any atom is -0.341 e. The molecule has 5 nitrogen and oxygen atoms in total. The van der Waals surface area contributed by atoms with E-state index in [1.165, 1.54) is 6.07 Å². The zero-order chi connectivity index (χ0) is 18.4. The summed E-state index contributed by atoms with van der Waals surface area (Å²) in [5, 5.41) is 6.72. The Balaban J connectivity index is 1.48. The van der Waals surface area contributed by atoms with Crippen LogP contribution in [0.5, 0.6) is 0 Å². The van der Waals surface area contributed by atoms with E-state index in [9.17, 15) is 9.18 Å². The molecule has 1 fully saturated rings. The van der Waals surface area contributed by atoms with E-state index in [-0.39, 0.29) is 17.8 Å². The molecule has 1 atom stereocenters. The average Bonchev–Trinajstić information content (AvgIpc) is 3.16. The fraction of sp³-hybridized carbons (Fsp3) is 0.500. The van der Waals surface area contributed by atoms with E-state index in [0.717, 1.165) is 49.9 Å². The first-order valence-electron chi connectivity index (χ1n) is 9.32. The van der Waals surface area contributed by atoms with Crippen LogP contribution in [0.2, 0.25) is 0 Å². The lowest BCUT2D eigenvalue weighted by atomic mass is 10.0. The molecule has 2 heterocycles. The second kappa shape index (κ2) is 8.94. The summed E-state index contributed by atoms with van der Waals surface area (Å²) >= 11 is 0. The van der Waals surface area contributed by atoms with Gasteiger partial charge in [-0.05, 0) is 43.9 Å². The van der Waals surface area contributed by atoms with Gasteiger partial charge in [0.2, 0.25) is 5.91 Å². The maximum atomic E-state index is 13.9.